The van der Waals surface area contributed by atoms with Crippen LogP contribution < -0.4 is 5.56 Å². The first-order valence-corrected chi connectivity index (χ1v) is 9.44. The summed E-state index contributed by atoms with van der Waals surface area (Å²) in [5, 5.41) is 10.3. The summed E-state index contributed by atoms with van der Waals surface area (Å²) in [7, 11) is 0. The van der Waals surface area contributed by atoms with E-state index in [4.69, 9.17) is 4.98 Å². The Bertz CT molecular complexity index is 1330. The van der Waals surface area contributed by atoms with Crippen LogP contribution in [0.25, 0.3) is 38.0 Å². The van der Waals surface area contributed by atoms with Crippen LogP contribution >= 0.6 is 11.3 Å². The average Bonchev–Trinajstić information content (AvgIpc) is 3.25. The Labute approximate surface area is 163 Å². The molecule has 28 heavy (non-hydrogen) atoms. The fraction of sp³-hybridized carbons (Fsp3) is 0. The molecular formula is C21H13N5OS. The molecule has 7 heteroatoms. The van der Waals surface area contributed by atoms with Gasteiger partial charge in [-0.05, 0) is 24.3 Å². The Balaban J connectivity index is 1.78. The number of para-hydroxylation sites is 1. The molecule has 134 valence electrons. The molecule has 0 amide bonds. The van der Waals surface area contributed by atoms with Crippen LogP contribution in [0.3, 0.4) is 0 Å². The van der Waals surface area contributed by atoms with Gasteiger partial charge in [0.15, 0.2) is 5.01 Å². The first-order chi connectivity index (χ1) is 13.8. The Kier molecular flexibility index (Phi) is 3.99. The summed E-state index contributed by atoms with van der Waals surface area (Å²) >= 11 is 1.33. The van der Waals surface area contributed by atoms with Gasteiger partial charge in [-0.15, -0.1) is 10.2 Å². The van der Waals surface area contributed by atoms with E-state index in [2.05, 4.69) is 15.2 Å². The second kappa shape index (κ2) is 6.79. The minimum absolute atomic E-state index is 0.168. The SMILES string of the molecule is O=c1c2ccccc2nc(-c2ccccc2)n1-c1nnc(-c2cccnc2)s1. The zero-order chi connectivity index (χ0) is 18.9. The summed E-state index contributed by atoms with van der Waals surface area (Å²) in [5.41, 5.74) is 2.18. The fourth-order valence-electron chi connectivity index (χ4n) is 3.00. The number of pyridine rings is 1. The molecule has 0 unspecified atom stereocenters. The molecule has 0 saturated heterocycles. The summed E-state index contributed by atoms with van der Waals surface area (Å²) in [6.45, 7) is 0. The van der Waals surface area contributed by atoms with Crippen molar-refractivity contribution in [2.45, 2.75) is 0 Å². The molecule has 5 aromatic rings. The highest BCUT2D eigenvalue weighted by atomic mass is 32.1. The van der Waals surface area contributed by atoms with E-state index in [9.17, 15) is 4.79 Å². The largest absolute Gasteiger partial charge is 0.268 e. The van der Waals surface area contributed by atoms with Gasteiger partial charge in [-0.2, -0.15) is 0 Å². The standard InChI is InChI=1S/C21H13N5OS/c27-20-16-10-4-5-11-17(16)23-18(14-7-2-1-3-8-14)26(20)21-25-24-19(28-21)15-9-6-12-22-13-15/h1-13H. The Morgan fingerprint density at radius 2 is 1.61 bits per heavy atom. The summed E-state index contributed by atoms with van der Waals surface area (Å²) in [4.78, 5) is 22.2. The van der Waals surface area contributed by atoms with Crippen LogP contribution in [0.4, 0.5) is 0 Å². The van der Waals surface area contributed by atoms with E-state index < -0.39 is 0 Å². The predicted molar refractivity (Wildman–Crippen MR) is 109 cm³/mol. The van der Waals surface area contributed by atoms with Crippen LogP contribution in [0.1, 0.15) is 0 Å². The molecule has 0 aliphatic carbocycles. The third kappa shape index (κ3) is 2.78. The summed E-state index contributed by atoms with van der Waals surface area (Å²) in [5.74, 6) is 0.540. The van der Waals surface area contributed by atoms with Crippen molar-refractivity contribution >= 4 is 22.2 Å². The second-order valence-corrected chi connectivity index (χ2v) is 7.05. The quantitative estimate of drug-likeness (QED) is 0.471. The van der Waals surface area contributed by atoms with Crippen molar-refractivity contribution in [2.75, 3.05) is 0 Å². The van der Waals surface area contributed by atoms with Crippen molar-refractivity contribution < 1.29 is 0 Å². The van der Waals surface area contributed by atoms with Gasteiger partial charge in [0.1, 0.15) is 5.82 Å². The van der Waals surface area contributed by atoms with Crippen LogP contribution in [-0.4, -0.2) is 24.7 Å². The third-order valence-corrected chi connectivity index (χ3v) is 5.28. The molecule has 0 N–H and O–H groups in total. The second-order valence-electron chi connectivity index (χ2n) is 6.09. The molecule has 0 aliphatic heterocycles. The first-order valence-electron chi connectivity index (χ1n) is 8.63. The van der Waals surface area contributed by atoms with Crippen molar-refractivity contribution in [1.82, 2.24) is 24.7 Å². The van der Waals surface area contributed by atoms with E-state index >= 15 is 0 Å². The van der Waals surface area contributed by atoms with Gasteiger partial charge in [0.2, 0.25) is 5.13 Å². The van der Waals surface area contributed by atoms with Crippen molar-refractivity contribution in [1.29, 1.82) is 0 Å². The lowest BCUT2D eigenvalue weighted by atomic mass is 10.2. The highest BCUT2D eigenvalue weighted by molar-refractivity contribution is 7.17. The molecule has 0 aliphatic rings. The highest BCUT2D eigenvalue weighted by Gasteiger charge is 2.18. The number of nitrogens with zero attached hydrogens (tertiary/aromatic N) is 5. The average molecular weight is 383 g/mol. The topological polar surface area (TPSA) is 73.6 Å². The zero-order valence-electron chi connectivity index (χ0n) is 14.6. The van der Waals surface area contributed by atoms with E-state index in [0.29, 0.717) is 26.9 Å². The highest BCUT2D eigenvalue weighted by Crippen LogP contribution is 2.27. The molecular weight excluding hydrogens is 370 g/mol. The van der Waals surface area contributed by atoms with Crippen LogP contribution in [0, 0.1) is 0 Å². The fourth-order valence-corrected chi connectivity index (χ4v) is 3.84. The molecule has 0 spiro atoms. The Hall–Kier alpha value is -3.71. The molecule has 0 radical (unpaired) electrons. The molecule has 0 atom stereocenters. The molecule has 0 bridgehead atoms. The molecule has 5 rings (SSSR count). The summed E-state index contributed by atoms with van der Waals surface area (Å²) in [6, 6.07) is 20.7. The van der Waals surface area contributed by atoms with Crippen molar-refractivity contribution in [3.63, 3.8) is 0 Å². The van der Waals surface area contributed by atoms with E-state index in [1.54, 1.807) is 18.5 Å². The molecule has 3 heterocycles. The number of hydrogen-bond acceptors (Lipinski definition) is 6. The van der Waals surface area contributed by atoms with Crippen molar-refractivity contribution in [3.05, 3.63) is 89.5 Å². The lowest BCUT2D eigenvalue weighted by Gasteiger charge is -2.10. The maximum absolute atomic E-state index is 13.3. The smallest absolute Gasteiger partial charge is 0.268 e. The monoisotopic (exact) mass is 383 g/mol. The maximum atomic E-state index is 13.3. The number of rotatable bonds is 3. The van der Waals surface area contributed by atoms with Crippen molar-refractivity contribution in [3.8, 4) is 27.1 Å². The normalized spacial score (nSPS) is 11.0. The van der Waals surface area contributed by atoms with Gasteiger partial charge in [0.05, 0.1) is 10.9 Å². The molecule has 3 aromatic heterocycles. The Morgan fingerprint density at radius 1 is 0.821 bits per heavy atom. The molecule has 0 saturated carbocycles. The molecule has 0 fully saturated rings. The van der Waals surface area contributed by atoms with Gasteiger partial charge in [0.25, 0.3) is 5.56 Å². The Morgan fingerprint density at radius 3 is 2.43 bits per heavy atom. The molecule has 2 aromatic carbocycles. The van der Waals surface area contributed by atoms with E-state index in [0.717, 1.165) is 11.1 Å². The number of fused-ring (bicyclic) bond motifs is 1. The maximum Gasteiger partial charge on any atom is 0.268 e. The predicted octanol–water partition coefficient (Wildman–Crippen LogP) is 3.97. The van der Waals surface area contributed by atoms with Crippen molar-refractivity contribution in [2.24, 2.45) is 0 Å². The van der Waals surface area contributed by atoms with Crippen LogP contribution in [0.5, 0.6) is 0 Å². The van der Waals surface area contributed by atoms with Gasteiger partial charge in [-0.25, -0.2) is 9.55 Å². The third-order valence-electron chi connectivity index (χ3n) is 4.32. The number of aromatic nitrogens is 5. The van der Waals surface area contributed by atoms with Crippen LogP contribution in [0.15, 0.2) is 83.9 Å². The van der Waals surface area contributed by atoms with Gasteiger partial charge < -0.3 is 0 Å². The minimum atomic E-state index is -0.168. The van der Waals surface area contributed by atoms with E-state index in [-0.39, 0.29) is 5.56 Å². The minimum Gasteiger partial charge on any atom is -0.268 e. The first kappa shape index (κ1) is 16.5. The zero-order valence-corrected chi connectivity index (χ0v) is 15.4. The summed E-state index contributed by atoms with van der Waals surface area (Å²) in [6.07, 6.45) is 3.43. The van der Waals surface area contributed by atoms with Gasteiger partial charge in [-0.3, -0.25) is 9.78 Å². The van der Waals surface area contributed by atoms with E-state index in [1.807, 2.05) is 60.7 Å². The lowest BCUT2D eigenvalue weighted by Crippen LogP contribution is -2.21. The number of benzene rings is 2. The van der Waals surface area contributed by atoms with Crippen LogP contribution in [0.2, 0.25) is 0 Å². The van der Waals surface area contributed by atoms with Gasteiger partial charge in [0, 0.05) is 23.5 Å². The molecule has 6 nitrogen and oxygen atoms in total. The van der Waals surface area contributed by atoms with Crippen LogP contribution in [-0.2, 0) is 0 Å². The van der Waals surface area contributed by atoms with Gasteiger partial charge in [-0.1, -0.05) is 53.8 Å². The van der Waals surface area contributed by atoms with Gasteiger partial charge >= 0.3 is 0 Å². The summed E-state index contributed by atoms with van der Waals surface area (Å²) < 4.78 is 1.54. The number of hydrogen-bond donors (Lipinski definition) is 0. The van der Waals surface area contributed by atoms with E-state index in [1.165, 1.54) is 15.9 Å². The lowest BCUT2D eigenvalue weighted by molar-refractivity contribution is 0.921.